The van der Waals surface area contributed by atoms with Gasteiger partial charge in [0.1, 0.15) is 5.75 Å². The topological polar surface area (TPSA) is 54.3 Å². The summed E-state index contributed by atoms with van der Waals surface area (Å²) in [4.78, 5) is 0. The van der Waals surface area contributed by atoms with E-state index in [2.05, 4.69) is 30.4 Å². The summed E-state index contributed by atoms with van der Waals surface area (Å²) in [7, 11) is 3.36. The van der Waals surface area contributed by atoms with Crippen molar-refractivity contribution < 1.29 is 9.47 Å². The van der Waals surface area contributed by atoms with E-state index in [-0.39, 0.29) is 12.0 Å². The van der Waals surface area contributed by atoms with Gasteiger partial charge in [-0.15, -0.1) is 0 Å². The number of rotatable bonds is 6. The maximum absolute atomic E-state index is 9.18. The van der Waals surface area contributed by atoms with E-state index < -0.39 is 0 Å². The highest BCUT2D eigenvalue weighted by molar-refractivity contribution is 5.38. The summed E-state index contributed by atoms with van der Waals surface area (Å²) in [6.07, 6.45) is 3.24. The summed E-state index contributed by atoms with van der Waals surface area (Å²) in [5, 5.41) is 12.8. The fourth-order valence-electron chi connectivity index (χ4n) is 3.07. The second-order valence-electron chi connectivity index (χ2n) is 5.67. The molecule has 1 N–H and O–H groups in total. The van der Waals surface area contributed by atoms with Crippen LogP contribution in [0.2, 0.25) is 0 Å². The minimum Gasteiger partial charge on any atom is -0.496 e. The third-order valence-electron chi connectivity index (χ3n) is 4.25. The molecule has 114 valence electrons. The van der Waals surface area contributed by atoms with Gasteiger partial charge in [-0.3, -0.25) is 0 Å². The zero-order valence-corrected chi connectivity index (χ0v) is 13.1. The Labute approximate surface area is 127 Å². The molecular formula is C17H24N2O2. The van der Waals surface area contributed by atoms with Gasteiger partial charge >= 0.3 is 0 Å². The highest BCUT2D eigenvalue weighted by Gasteiger charge is 2.28. The van der Waals surface area contributed by atoms with E-state index in [0.29, 0.717) is 12.6 Å². The molecule has 2 rings (SSSR count). The Morgan fingerprint density at radius 1 is 1.38 bits per heavy atom. The number of methoxy groups -OCH3 is 2. The highest BCUT2D eigenvalue weighted by atomic mass is 16.5. The first-order chi connectivity index (χ1) is 10.2. The van der Waals surface area contributed by atoms with Crippen LogP contribution in [0.4, 0.5) is 0 Å². The van der Waals surface area contributed by atoms with Crippen molar-refractivity contribution in [1.29, 1.82) is 5.26 Å². The predicted molar refractivity (Wildman–Crippen MR) is 82.0 cm³/mol. The molecule has 0 spiro atoms. The average Bonchev–Trinajstić information content (AvgIpc) is 2.94. The molecule has 1 aromatic carbocycles. The van der Waals surface area contributed by atoms with Crippen molar-refractivity contribution in [3.05, 3.63) is 29.3 Å². The van der Waals surface area contributed by atoms with Crippen LogP contribution in [0.15, 0.2) is 18.2 Å². The zero-order valence-electron chi connectivity index (χ0n) is 13.1. The molecule has 0 aromatic heterocycles. The SMILES string of the molecule is COCc1cc(C(C)NC2CCCC2C#N)ccc1OC. The first kappa shape index (κ1) is 15.8. The Kier molecular flexibility index (Phi) is 5.60. The van der Waals surface area contributed by atoms with Crippen LogP contribution in [-0.4, -0.2) is 20.3 Å². The summed E-state index contributed by atoms with van der Waals surface area (Å²) in [6, 6.07) is 9.12. The van der Waals surface area contributed by atoms with Crippen molar-refractivity contribution in [1.82, 2.24) is 5.32 Å². The summed E-state index contributed by atoms with van der Waals surface area (Å²) < 4.78 is 10.6. The van der Waals surface area contributed by atoms with Gasteiger partial charge in [0.2, 0.25) is 0 Å². The van der Waals surface area contributed by atoms with E-state index >= 15 is 0 Å². The Morgan fingerprint density at radius 3 is 2.86 bits per heavy atom. The number of hydrogen-bond donors (Lipinski definition) is 1. The molecule has 1 aliphatic carbocycles. The normalized spacial score (nSPS) is 22.8. The molecule has 0 heterocycles. The number of nitrogens with one attached hydrogen (secondary N) is 1. The smallest absolute Gasteiger partial charge is 0.124 e. The van der Waals surface area contributed by atoms with Gasteiger partial charge in [0, 0.05) is 24.8 Å². The van der Waals surface area contributed by atoms with E-state index in [0.717, 1.165) is 30.6 Å². The summed E-state index contributed by atoms with van der Waals surface area (Å²) in [5.74, 6) is 0.993. The average molecular weight is 288 g/mol. The van der Waals surface area contributed by atoms with Gasteiger partial charge in [-0.1, -0.05) is 12.5 Å². The Balaban J connectivity index is 2.10. The number of hydrogen-bond acceptors (Lipinski definition) is 4. The second-order valence-corrected chi connectivity index (χ2v) is 5.67. The van der Waals surface area contributed by atoms with Gasteiger partial charge in [0.15, 0.2) is 0 Å². The molecule has 0 radical (unpaired) electrons. The fourth-order valence-corrected chi connectivity index (χ4v) is 3.07. The quantitative estimate of drug-likeness (QED) is 0.873. The number of nitriles is 1. The van der Waals surface area contributed by atoms with Crippen LogP contribution in [0.3, 0.4) is 0 Å². The lowest BCUT2D eigenvalue weighted by molar-refractivity contribution is 0.181. The Hall–Kier alpha value is -1.57. The number of ether oxygens (including phenoxy) is 2. The molecule has 1 aliphatic rings. The number of nitrogens with zero attached hydrogens (tertiary/aromatic N) is 1. The highest BCUT2D eigenvalue weighted by Crippen LogP contribution is 2.29. The summed E-state index contributed by atoms with van der Waals surface area (Å²) in [6.45, 7) is 2.68. The van der Waals surface area contributed by atoms with E-state index in [1.165, 1.54) is 5.56 Å². The maximum atomic E-state index is 9.18. The molecule has 0 bridgehead atoms. The lowest BCUT2D eigenvalue weighted by atomic mass is 10.0. The molecule has 1 fully saturated rings. The van der Waals surface area contributed by atoms with Crippen LogP contribution in [0.5, 0.6) is 5.75 Å². The first-order valence-corrected chi connectivity index (χ1v) is 7.51. The van der Waals surface area contributed by atoms with Crippen molar-refractivity contribution in [3.8, 4) is 11.8 Å². The Morgan fingerprint density at radius 2 is 2.19 bits per heavy atom. The predicted octanol–water partition coefficient (Wildman–Crippen LogP) is 3.18. The van der Waals surface area contributed by atoms with Gasteiger partial charge in [-0.2, -0.15) is 5.26 Å². The third-order valence-corrected chi connectivity index (χ3v) is 4.25. The molecule has 21 heavy (non-hydrogen) atoms. The van der Waals surface area contributed by atoms with Crippen LogP contribution >= 0.6 is 0 Å². The largest absolute Gasteiger partial charge is 0.496 e. The fraction of sp³-hybridized carbons (Fsp3) is 0.588. The molecule has 0 amide bonds. The standard InChI is InChI=1S/C17H24N2O2/c1-12(19-16-6-4-5-14(16)10-18)13-7-8-17(21-3)15(9-13)11-20-2/h7-9,12,14,16,19H,4-6,11H2,1-3H3. The van der Waals surface area contributed by atoms with Crippen LogP contribution in [0, 0.1) is 17.2 Å². The minimum atomic E-state index is 0.143. The van der Waals surface area contributed by atoms with Gasteiger partial charge in [-0.25, -0.2) is 0 Å². The summed E-state index contributed by atoms with van der Waals surface area (Å²) >= 11 is 0. The van der Waals surface area contributed by atoms with Crippen LogP contribution in [-0.2, 0) is 11.3 Å². The van der Waals surface area contributed by atoms with E-state index in [1.807, 2.05) is 6.07 Å². The first-order valence-electron chi connectivity index (χ1n) is 7.51. The van der Waals surface area contributed by atoms with Crippen molar-refractivity contribution >= 4 is 0 Å². The minimum absolute atomic E-state index is 0.143. The van der Waals surface area contributed by atoms with Crippen molar-refractivity contribution in [3.63, 3.8) is 0 Å². The Bertz CT molecular complexity index is 510. The molecule has 4 nitrogen and oxygen atoms in total. The van der Waals surface area contributed by atoms with Crippen molar-refractivity contribution in [2.45, 2.75) is 44.9 Å². The maximum Gasteiger partial charge on any atom is 0.124 e. The van der Waals surface area contributed by atoms with Crippen molar-refractivity contribution in [2.24, 2.45) is 5.92 Å². The zero-order chi connectivity index (χ0) is 15.2. The second kappa shape index (κ2) is 7.44. The van der Waals surface area contributed by atoms with Gasteiger partial charge in [0.25, 0.3) is 0 Å². The van der Waals surface area contributed by atoms with Crippen LogP contribution < -0.4 is 10.1 Å². The lowest BCUT2D eigenvalue weighted by Crippen LogP contribution is -2.33. The number of benzene rings is 1. The molecule has 3 unspecified atom stereocenters. The molecule has 1 aromatic rings. The van der Waals surface area contributed by atoms with E-state index in [9.17, 15) is 5.26 Å². The molecular weight excluding hydrogens is 264 g/mol. The van der Waals surface area contributed by atoms with Crippen molar-refractivity contribution in [2.75, 3.05) is 14.2 Å². The van der Waals surface area contributed by atoms with Gasteiger partial charge in [0.05, 0.1) is 25.7 Å². The van der Waals surface area contributed by atoms with Crippen LogP contribution in [0.25, 0.3) is 0 Å². The molecule has 1 saturated carbocycles. The van der Waals surface area contributed by atoms with Gasteiger partial charge < -0.3 is 14.8 Å². The summed E-state index contributed by atoms with van der Waals surface area (Å²) in [5.41, 5.74) is 2.25. The van der Waals surface area contributed by atoms with E-state index in [1.54, 1.807) is 14.2 Å². The molecule has 4 heteroatoms. The third kappa shape index (κ3) is 3.75. The molecule has 0 saturated heterocycles. The molecule has 3 atom stereocenters. The monoisotopic (exact) mass is 288 g/mol. The van der Waals surface area contributed by atoms with Gasteiger partial charge in [-0.05, 0) is 37.5 Å². The molecule has 0 aliphatic heterocycles. The van der Waals surface area contributed by atoms with Crippen LogP contribution in [0.1, 0.15) is 43.4 Å². The lowest BCUT2D eigenvalue weighted by Gasteiger charge is -2.23. The van der Waals surface area contributed by atoms with E-state index in [4.69, 9.17) is 9.47 Å².